The third kappa shape index (κ3) is 5.15. The molecule has 25 heavy (non-hydrogen) atoms. The molecule has 2 saturated heterocycles. The van der Waals surface area contributed by atoms with E-state index in [-0.39, 0.29) is 29.3 Å². The molecule has 9 heteroatoms. The highest BCUT2D eigenvalue weighted by Gasteiger charge is 2.26. The first-order chi connectivity index (χ1) is 11.6. The molecule has 1 amide bonds. The summed E-state index contributed by atoms with van der Waals surface area (Å²) in [6.07, 6.45) is 2.49. The maximum absolute atomic E-state index is 12.7. The van der Waals surface area contributed by atoms with E-state index >= 15 is 0 Å². The molecule has 2 fully saturated rings. The van der Waals surface area contributed by atoms with Crippen LogP contribution in [0.15, 0.2) is 29.2 Å². The summed E-state index contributed by atoms with van der Waals surface area (Å²) >= 11 is 0. The van der Waals surface area contributed by atoms with Crippen LogP contribution in [0.4, 0.5) is 5.69 Å². The van der Waals surface area contributed by atoms with Crippen LogP contribution in [0, 0.1) is 0 Å². The van der Waals surface area contributed by atoms with Crippen LogP contribution in [-0.4, -0.2) is 57.5 Å². The van der Waals surface area contributed by atoms with Crippen LogP contribution < -0.4 is 10.6 Å². The van der Waals surface area contributed by atoms with Crippen molar-refractivity contribution in [3.05, 3.63) is 24.3 Å². The summed E-state index contributed by atoms with van der Waals surface area (Å²) in [6, 6.07) is 6.64. The lowest BCUT2D eigenvalue weighted by Crippen LogP contribution is -2.40. The second-order valence-electron chi connectivity index (χ2n) is 6.09. The summed E-state index contributed by atoms with van der Waals surface area (Å²) in [7, 11) is -3.55. The quantitative estimate of drug-likeness (QED) is 0.790. The number of ether oxygens (including phenoxy) is 1. The first-order valence-electron chi connectivity index (χ1n) is 8.27. The number of anilines is 1. The molecule has 1 aromatic carbocycles. The maximum Gasteiger partial charge on any atom is 0.243 e. The number of morpholine rings is 1. The predicted molar refractivity (Wildman–Crippen MR) is 97.5 cm³/mol. The summed E-state index contributed by atoms with van der Waals surface area (Å²) in [5.41, 5.74) is 0.507. The van der Waals surface area contributed by atoms with Crippen molar-refractivity contribution < 1.29 is 17.9 Å². The number of carbonyl (C=O) groups excluding carboxylic acids is 1. The first-order valence-corrected chi connectivity index (χ1v) is 9.71. The Morgan fingerprint density at radius 2 is 2.08 bits per heavy atom. The van der Waals surface area contributed by atoms with Gasteiger partial charge in [-0.05, 0) is 37.6 Å². The number of halogens is 1. The Kier molecular flexibility index (Phi) is 7.21. The maximum atomic E-state index is 12.7. The Bertz CT molecular complexity index is 686. The Hall–Kier alpha value is -1.19. The van der Waals surface area contributed by atoms with Gasteiger partial charge in [0.05, 0.1) is 18.1 Å². The minimum absolute atomic E-state index is 0. The zero-order valence-electron chi connectivity index (χ0n) is 13.9. The van der Waals surface area contributed by atoms with E-state index in [4.69, 9.17) is 4.74 Å². The smallest absolute Gasteiger partial charge is 0.243 e. The van der Waals surface area contributed by atoms with Crippen LogP contribution in [0.2, 0.25) is 0 Å². The van der Waals surface area contributed by atoms with Gasteiger partial charge in [0.1, 0.15) is 0 Å². The number of amides is 1. The molecule has 1 aromatic rings. The topological polar surface area (TPSA) is 87.7 Å². The Morgan fingerprint density at radius 3 is 2.76 bits per heavy atom. The van der Waals surface area contributed by atoms with Crippen molar-refractivity contribution in [2.45, 2.75) is 30.2 Å². The molecule has 2 heterocycles. The van der Waals surface area contributed by atoms with Crippen LogP contribution >= 0.6 is 12.4 Å². The molecule has 0 aliphatic carbocycles. The molecule has 2 N–H and O–H groups in total. The van der Waals surface area contributed by atoms with Crippen LogP contribution in [0.25, 0.3) is 0 Å². The molecule has 0 bridgehead atoms. The summed E-state index contributed by atoms with van der Waals surface area (Å²) < 4.78 is 31.9. The van der Waals surface area contributed by atoms with Crippen LogP contribution in [-0.2, 0) is 19.6 Å². The highest BCUT2D eigenvalue weighted by molar-refractivity contribution is 7.89. The van der Waals surface area contributed by atoms with E-state index < -0.39 is 10.0 Å². The number of benzene rings is 1. The van der Waals surface area contributed by atoms with Crippen molar-refractivity contribution in [1.82, 2.24) is 9.62 Å². The van der Waals surface area contributed by atoms with Gasteiger partial charge >= 0.3 is 0 Å². The summed E-state index contributed by atoms with van der Waals surface area (Å²) in [4.78, 5) is 12.3. The van der Waals surface area contributed by atoms with Crippen molar-refractivity contribution in [2.24, 2.45) is 0 Å². The normalized spacial score (nSPS) is 21.5. The Balaban J connectivity index is 0.00000225. The van der Waals surface area contributed by atoms with Gasteiger partial charge in [0.2, 0.25) is 15.9 Å². The minimum Gasteiger partial charge on any atom is -0.379 e. The van der Waals surface area contributed by atoms with Crippen molar-refractivity contribution in [3.63, 3.8) is 0 Å². The number of hydrogen-bond acceptors (Lipinski definition) is 5. The fraction of sp³-hybridized carbons (Fsp3) is 0.562. The highest BCUT2D eigenvalue weighted by atomic mass is 35.5. The molecular weight excluding hydrogens is 366 g/mol. The van der Waals surface area contributed by atoms with Gasteiger partial charge in [0, 0.05) is 31.2 Å². The fourth-order valence-corrected chi connectivity index (χ4v) is 4.49. The molecule has 3 rings (SSSR count). The van der Waals surface area contributed by atoms with Crippen molar-refractivity contribution in [2.75, 3.05) is 38.2 Å². The van der Waals surface area contributed by atoms with Gasteiger partial charge in [-0.2, -0.15) is 4.31 Å². The van der Waals surface area contributed by atoms with Gasteiger partial charge in [-0.25, -0.2) is 8.42 Å². The van der Waals surface area contributed by atoms with Crippen LogP contribution in [0.3, 0.4) is 0 Å². The number of nitrogens with one attached hydrogen (secondary N) is 2. The van der Waals surface area contributed by atoms with Crippen molar-refractivity contribution >= 4 is 34.0 Å². The van der Waals surface area contributed by atoms with Crippen molar-refractivity contribution in [3.8, 4) is 0 Å². The highest BCUT2D eigenvalue weighted by Crippen LogP contribution is 2.21. The number of hydrogen-bond donors (Lipinski definition) is 2. The van der Waals surface area contributed by atoms with Gasteiger partial charge in [0.25, 0.3) is 0 Å². The van der Waals surface area contributed by atoms with Crippen LogP contribution in [0.1, 0.15) is 19.3 Å². The molecule has 140 valence electrons. The lowest BCUT2D eigenvalue weighted by Gasteiger charge is -2.26. The fourth-order valence-electron chi connectivity index (χ4n) is 3.04. The lowest BCUT2D eigenvalue weighted by molar-refractivity contribution is -0.116. The molecule has 0 spiro atoms. The molecule has 0 saturated carbocycles. The molecule has 1 unspecified atom stereocenters. The van der Waals surface area contributed by atoms with E-state index in [0.717, 1.165) is 19.4 Å². The second-order valence-corrected chi connectivity index (χ2v) is 8.03. The van der Waals surface area contributed by atoms with Gasteiger partial charge < -0.3 is 15.4 Å². The average Bonchev–Trinajstić information content (AvgIpc) is 3.08. The van der Waals surface area contributed by atoms with Gasteiger partial charge in [-0.15, -0.1) is 12.4 Å². The number of nitrogens with zero attached hydrogens (tertiary/aromatic N) is 1. The van der Waals surface area contributed by atoms with Crippen LogP contribution in [0.5, 0.6) is 0 Å². The first kappa shape index (κ1) is 20.1. The SMILES string of the molecule is Cl.O=C(CC1CCCN1)Nc1cccc(S(=O)(=O)N2CCOCC2)c1. The van der Waals surface area contributed by atoms with Crippen molar-refractivity contribution in [1.29, 1.82) is 0 Å². The third-order valence-corrected chi connectivity index (χ3v) is 6.21. The number of sulfonamides is 1. The molecule has 7 nitrogen and oxygen atoms in total. The zero-order chi connectivity index (χ0) is 17.0. The van der Waals surface area contributed by atoms with E-state index in [9.17, 15) is 13.2 Å². The van der Waals surface area contributed by atoms with E-state index in [1.54, 1.807) is 18.2 Å². The standard InChI is InChI=1S/C16H23N3O4S.ClH/c20-16(12-13-4-2-6-17-13)18-14-3-1-5-15(11-14)24(21,22)19-7-9-23-10-8-19;/h1,3,5,11,13,17H,2,4,6-10,12H2,(H,18,20);1H. The average molecular weight is 390 g/mol. The van der Waals surface area contributed by atoms with Gasteiger partial charge in [0.15, 0.2) is 0 Å². The predicted octanol–water partition coefficient (Wildman–Crippen LogP) is 1.21. The number of rotatable bonds is 5. The summed E-state index contributed by atoms with van der Waals surface area (Å²) in [5, 5.41) is 6.07. The summed E-state index contributed by atoms with van der Waals surface area (Å²) in [6.45, 7) is 2.47. The Morgan fingerprint density at radius 1 is 1.32 bits per heavy atom. The number of carbonyl (C=O) groups is 1. The minimum atomic E-state index is -3.55. The third-order valence-electron chi connectivity index (χ3n) is 4.32. The molecule has 0 aromatic heterocycles. The van der Waals surface area contributed by atoms with E-state index in [0.29, 0.717) is 38.4 Å². The second kappa shape index (κ2) is 8.95. The van der Waals surface area contributed by atoms with E-state index in [1.165, 1.54) is 10.4 Å². The van der Waals surface area contributed by atoms with Gasteiger partial charge in [-0.1, -0.05) is 6.07 Å². The molecular formula is C16H24ClN3O4S. The molecule has 0 radical (unpaired) electrons. The van der Waals surface area contributed by atoms with Gasteiger partial charge in [-0.3, -0.25) is 4.79 Å². The molecule has 2 aliphatic rings. The van der Waals surface area contributed by atoms with E-state index in [2.05, 4.69) is 10.6 Å². The van der Waals surface area contributed by atoms with E-state index in [1.807, 2.05) is 0 Å². The lowest BCUT2D eigenvalue weighted by atomic mass is 10.1. The molecule has 2 aliphatic heterocycles. The Labute approximate surface area is 154 Å². The molecule has 1 atom stereocenters. The largest absolute Gasteiger partial charge is 0.379 e. The monoisotopic (exact) mass is 389 g/mol. The summed E-state index contributed by atoms with van der Waals surface area (Å²) in [5.74, 6) is -0.102. The zero-order valence-corrected chi connectivity index (χ0v) is 15.6.